The van der Waals surface area contributed by atoms with Crippen molar-refractivity contribution >= 4 is 27.7 Å². The predicted octanol–water partition coefficient (Wildman–Crippen LogP) is 4.52. The van der Waals surface area contributed by atoms with E-state index in [1.165, 1.54) is 6.07 Å². The van der Waals surface area contributed by atoms with Crippen molar-refractivity contribution in [3.63, 3.8) is 0 Å². The molecule has 1 N–H and O–H groups in total. The van der Waals surface area contributed by atoms with Crippen LogP contribution in [0.5, 0.6) is 0 Å². The van der Waals surface area contributed by atoms with Crippen LogP contribution in [0.25, 0.3) is 0 Å². The van der Waals surface area contributed by atoms with Crippen LogP contribution in [0.3, 0.4) is 0 Å². The van der Waals surface area contributed by atoms with Gasteiger partial charge in [-0.05, 0) is 34.9 Å². The number of nitrogens with one attached hydrogen (secondary N) is 1. The lowest BCUT2D eigenvalue weighted by atomic mass is 10.0. The molecule has 0 unspecified atom stereocenters. The number of amides is 2. The minimum atomic E-state index is -0.731. The second-order valence-electron chi connectivity index (χ2n) is 7.24. The molecule has 0 heterocycles. The second-order valence-corrected chi connectivity index (χ2v) is 8.16. The van der Waals surface area contributed by atoms with Gasteiger partial charge in [-0.1, -0.05) is 76.6 Å². The summed E-state index contributed by atoms with van der Waals surface area (Å²) in [5.74, 6) is -1.01. The Bertz CT molecular complexity index is 1040. The van der Waals surface area contributed by atoms with Crippen LogP contribution in [0.4, 0.5) is 4.39 Å². The molecule has 0 aliphatic carbocycles. The van der Waals surface area contributed by atoms with E-state index in [1.54, 1.807) is 30.1 Å². The lowest BCUT2D eigenvalue weighted by molar-refractivity contribution is -0.140. The maximum absolute atomic E-state index is 14.2. The van der Waals surface area contributed by atoms with Gasteiger partial charge in [0.25, 0.3) is 0 Å². The number of carbonyl (C=O) groups excluding carboxylic acids is 2. The van der Waals surface area contributed by atoms with Crippen molar-refractivity contribution in [1.82, 2.24) is 10.2 Å². The quantitative estimate of drug-likeness (QED) is 0.513. The van der Waals surface area contributed by atoms with E-state index in [0.717, 1.165) is 15.6 Å². The largest absolute Gasteiger partial charge is 0.357 e. The molecule has 0 spiro atoms. The Morgan fingerprint density at radius 3 is 2.32 bits per heavy atom. The predicted molar refractivity (Wildman–Crippen MR) is 123 cm³/mol. The molecule has 0 aromatic heterocycles. The summed E-state index contributed by atoms with van der Waals surface area (Å²) in [5, 5.41) is 2.68. The molecule has 3 aromatic rings. The highest BCUT2D eigenvalue weighted by Crippen LogP contribution is 2.19. The van der Waals surface area contributed by atoms with E-state index in [-0.39, 0.29) is 24.8 Å². The van der Waals surface area contributed by atoms with Crippen LogP contribution in [-0.4, -0.2) is 29.8 Å². The van der Waals surface area contributed by atoms with Crippen LogP contribution in [-0.2, 0) is 29.0 Å². The molecule has 3 rings (SSSR count). The van der Waals surface area contributed by atoms with E-state index in [0.29, 0.717) is 12.0 Å². The van der Waals surface area contributed by atoms with Crippen LogP contribution < -0.4 is 5.32 Å². The van der Waals surface area contributed by atoms with Crippen LogP contribution in [0, 0.1) is 5.82 Å². The maximum atomic E-state index is 14.2. The number of hydrogen-bond acceptors (Lipinski definition) is 2. The number of hydrogen-bond donors (Lipinski definition) is 1. The van der Waals surface area contributed by atoms with E-state index in [1.807, 2.05) is 54.6 Å². The van der Waals surface area contributed by atoms with Gasteiger partial charge in [-0.3, -0.25) is 9.59 Å². The monoisotopic (exact) mass is 482 g/mol. The van der Waals surface area contributed by atoms with Gasteiger partial charge in [0.05, 0.1) is 6.42 Å². The van der Waals surface area contributed by atoms with Gasteiger partial charge in [-0.2, -0.15) is 0 Å². The fourth-order valence-electron chi connectivity index (χ4n) is 3.46. The number of halogens is 2. The first-order valence-corrected chi connectivity index (χ1v) is 10.8. The zero-order valence-corrected chi connectivity index (χ0v) is 18.8. The summed E-state index contributed by atoms with van der Waals surface area (Å²) in [6.45, 7) is 0.234. The number of rotatable bonds is 8. The van der Waals surface area contributed by atoms with Crippen molar-refractivity contribution in [2.24, 2.45) is 0 Å². The van der Waals surface area contributed by atoms with Crippen LogP contribution in [0.15, 0.2) is 83.3 Å². The van der Waals surface area contributed by atoms with Gasteiger partial charge in [-0.25, -0.2) is 4.39 Å². The summed E-state index contributed by atoms with van der Waals surface area (Å²) in [7, 11) is 1.55. The Morgan fingerprint density at radius 2 is 1.65 bits per heavy atom. The van der Waals surface area contributed by atoms with E-state index >= 15 is 0 Å². The second kappa shape index (κ2) is 10.9. The van der Waals surface area contributed by atoms with Gasteiger partial charge in [0.2, 0.25) is 11.8 Å². The minimum absolute atomic E-state index is 0.122. The molecular weight excluding hydrogens is 459 g/mol. The molecular formula is C25H24BrFN2O2. The Morgan fingerprint density at radius 1 is 0.968 bits per heavy atom. The van der Waals surface area contributed by atoms with Gasteiger partial charge >= 0.3 is 0 Å². The molecule has 3 aromatic carbocycles. The van der Waals surface area contributed by atoms with Crippen molar-refractivity contribution in [3.8, 4) is 0 Å². The van der Waals surface area contributed by atoms with Gasteiger partial charge in [0, 0.05) is 24.5 Å². The van der Waals surface area contributed by atoms with Crippen LogP contribution in [0.1, 0.15) is 16.7 Å². The number of carbonyl (C=O) groups is 2. The van der Waals surface area contributed by atoms with Gasteiger partial charge in [0.1, 0.15) is 11.9 Å². The fraction of sp³-hybridized carbons (Fsp3) is 0.200. The molecule has 1 atom stereocenters. The zero-order valence-electron chi connectivity index (χ0n) is 17.2. The molecule has 0 aliphatic heterocycles. The highest BCUT2D eigenvalue weighted by Gasteiger charge is 2.30. The highest BCUT2D eigenvalue weighted by molar-refractivity contribution is 9.10. The SMILES string of the molecule is CNC(=O)[C@@H](Cc1ccccc1)N(Cc1cccc(Br)c1)C(=O)Cc1ccccc1F. The first kappa shape index (κ1) is 22.7. The van der Waals surface area contributed by atoms with Crippen molar-refractivity contribution in [2.45, 2.75) is 25.4 Å². The number of nitrogens with zero attached hydrogens (tertiary/aromatic N) is 1. The highest BCUT2D eigenvalue weighted by atomic mass is 79.9. The molecule has 2 amide bonds. The molecule has 6 heteroatoms. The van der Waals surface area contributed by atoms with Crippen molar-refractivity contribution in [2.75, 3.05) is 7.05 Å². The fourth-order valence-corrected chi connectivity index (χ4v) is 3.91. The van der Waals surface area contributed by atoms with E-state index in [9.17, 15) is 14.0 Å². The topological polar surface area (TPSA) is 49.4 Å². The van der Waals surface area contributed by atoms with Gasteiger partial charge in [0.15, 0.2) is 0 Å². The average Bonchev–Trinajstić information content (AvgIpc) is 2.78. The number of benzene rings is 3. The zero-order chi connectivity index (χ0) is 22.2. The van der Waals surface area contributed by atoms with Gasteiger partial charge < -0.3 is 10.2 Å². The smallest absolute Gasteiger partial charge is 0.242 e. The normalized spacial score (nSPS) is 11.6. The standard InChI is InChI=1S/C25H24BrFN2O2/c1-28-25(31)23(15-18-8-3-2-4-9-18)29(17-19-10-7-12-21(26)14-19)24(30)16-20-11-5-6-13-22(20)27/h2-14,23H,15-17H2,1H3,(H,28,31)/t23-/m1/s1. The molecule has 160 valence electrons. The lowest BCUT2D eigenvalue weighted by Crippen LogP contribution is -2.50. The average molecular weight is 483 g/mol. The Hall–Kier alpha value is -2.99. The van der Waals surface area contributed by atoms with Gasteiger partial charge in [-0.15, -0.1) is 0 Å². The Kier molecular flexibility index (Phi) is 7.95. The summed E-state index contributed by atoms with van der Waals surface area (Å²) in [6, 6.07) is 22.6. The molecule has 4 nitrogen and oxygen atoms in total. The summed E-state index contributed by atoms with van der Waals surface area (Å²) in [4.78, 5) is 27.8. The minimum Gasteiger partial charge on any atom is -0.357 e. The lowest BCUT2D eigenvalue weighted by Gasteiger charge is -2.31. The summed E-state index contributed by atoms with van der Waals surface area (Å²) >= 11 is 3.45. The van der Waals surface area contributed by atoms with Crippen LogP contribution in [0.2, 0.25) is 0 Å². The first-order valence-electron chi connectivity index (χ1n) is 10.0. The molecule has 0 saturated heterocycles. The maximum Gasteiger partial charge on any atom is 0.242 e. The Balaban J connectivity index is 1.95. The van der Waals surface area contributed by atoms with Crippen molar-refractivity contribution in [3.05, 3.63) is 106 Å². The van der Waals surface area contributed by atoms with E-state index in [2.05, 4.69) is 21.2 Å². The third-order valence-electron chi connectivity index (χ3n) is 5.06. The summed E-state index contributed by atoms with van der Waals surface area (Å²) in [5.41, 5.74) is 2.12. The Labute approximate surface area is 190 Å². The summed E-state index contributed by atoms with van der Waals surface area (Å²) in [6.07, 6.45) is 0.237. The molecule has 31 heavy (non-hydrogen) atoms. The molecule has 0 aliphatic rings. The molecule has 0 saturated carbocycles. The van der Waals surface area contributed by atoms with E-state index < -0.39 is 11.9 Å². The molecule has 0 radical (unpaired) electrons. The number of likely N-dealkylation sites (N-methyl/N-ethyl adjacent to an activating group) is 1. The molecule has 0 fully saturated rings. The van der Waals surface area contributed by atoms with Crippen LogP contribution >= 0.6 is 15.9 Å². The third kappa shape index (κ3) is 6.25. The van der Waals surface area contributed by atoms with Crippen molar-refractivity contribution < 1.29 is 14.0 Å². The van der Waals surface area contributed by atoms with E-state index in [4.69, 9.17) is 0 Å². The summed E-state index contributed by atoms with van der Waals surface area (Å²) < 4.78 is 15.1. The third-order valence-corrected chi connectivity index (χ3v) is 5.55. The molecule has 0 bridgehead atoms. The van der Waals surface area contributed by atoms with Crippen molar-refractivity contribution in [1.29, 1.82) is 0 Å². The first-order chi connectivity index (χ1) is 15.0.